The van der Waals surface area contributed by atoms with Crippen molar-refractivity contribution in [2.24, 2.45) is 11.3 Å². The molecule has 0 spiro atoms. The number of halogens is 1. The minimum Gasteiger partial charge on any atom is -0.494 e. The maximum atomic E-state index is 8.99. The zero-order valence-corrected chi connectivity index (χ0v) is 15.0. The summed E-state index contributed by atoms with van der Waals surface area (Å²) >= 11 is 3.57. The van der Waals surface area contributed by atoms with Crippen molar-refractivity contribution < 1.29 is 4.74 Å². The minimum absolute atomic E-state index is 0.336. The summed E-state index contributed by atoms with van der Waals surface area (Å²) in [4.78, 5) is 0. The monoisotopic (exact) mass is 352 g/mol. The second-order valence-corrected chi connectivity index (χ2v) is 7.23. The fourth-order valence-corrected chi connectivity index (χ4v) is 2.14. The first-order chi connectivity index (χ1) is 9.84. The van der Waals surface area contributed by atoms with E-state index in [-0.39, 0.29) is 5.41 Å². The third kappa shape index (κ3) is 6.97. The summed E-state index contributed by atoms with van der Waals surface area (Å²) in [7, 11) is 0. The van der Waals surface area contributed by atoms with E-state index in [1.807, 2.05) is 26.0 Å². The molecule has 0 saturated carbocycles. The van der Waals surface area contributed by atoms with Gasteiger partial charge in [-0.1, -0.05) is 29.8 Å². The Morgan fingerprint density at radius 3 is 2.71 bits per heavy atom. The molecule has 1 aromatic rings. The van der Waals surface area contributed by atoms with Crippen LogP contribution in [0.1, 0.15) is 39.7 Å². The van der Waals surface area contributed by atoms with Crippen LogP contribution in [0.25, 0.3) is 0 Å². The van der Waals surface area contributed by atoms with Gasteiger partial charge in [0.15, 0.2) is 0 Å². The molecule has 1 N–H and O–H groups in total. The lowest BCUT2D eigenvalue weighted by Crippen LogP contribution is -2.19. The third-order valence-corrected chi connectivity index (χ3v) is 3.96. The van der Waals surface area contributed by atoms with Crippen LogP contribution in [0.5, 0.6) is 5.75 Å². The Morgan fingerprint density at radius 1 is 1.38 bits per heavy atom. The van der Waals surface area contributed by atoms with Gasteiger partial charge in [0.1, 0.15) is 5.75 Å². The molecular formula is C17H25BrN2O. The normalized spacial score (nSPS) is 11.5. The zero-order valence-electron chi connectivity index (χ0n) is 13.4. The van der Waals surface area contributed by atoms with Crippen LogP contribution in [0.4, 0.5) is 0 Å². The summed E-state index contributed by atoms with van der Waals surface area (Å²) < 4.78 is 6.85. The number of nitrogens with one attached hydrogen (secondary N) is 1. The van der Waals surface area contributed by atoms with Gasteiger partial charge in [0, 0.05) is 11.0 Å². The number of ether oxygens (including phenoxy) is 1. The van der Waals surface area contributed by atoms with Crippen LogP contribution in [0.2, 0.25) is 0 Å². The molecule has 3 nitrogen and oxygen atoms in total. The van der Waals surface area contributed by atoms with E-state index in [0.717, 1.165) is 29.7 Å². The van der Waals surface area contributed by atoms with Crippen molar-refractivity contribution in [3.8, 4) is 11.8 Å². The highest BCUT2D eigenvalue weighted by Crippen LogP contribution is 2.24. The van der Waals surface area contributed by atoms with Gasteiger partial charge in [-0.15, -0.1) is 0 Å². The Morgan fingerprint density at radius 2 is 2.10 bits per heavy atom. The summed E-state index contributed by atoms with van der Waals surface area (Å²) in [5.41, 5.74) is 0.851. The highest BCUT2D eigenvalue weighted by Gasteiger charge is 2.16. The van der Waals surface area contributed by atoms with Crippen LogP contribution in [0.15, 0.2) is 22.7 Å². The molecule has 0 heterocycles. The molecule has 4 heteroatoms. The number of benzene rings is 1. The Labute approximate surface area is 136 Å². The summed E-state index contributed by atoms with van der Waals surface area (Å²) in [5, 5.41) is 12.4. The topological polar surface area (TPSA) is 45.0 Å². The molecule has 1 rings (SSSR count). The second-order valence-electron chi connectivity index (χ2n) is 6.37. The first kappa shape index (κ1) is 18.0. The molecule has 0 bridgehead atoms. The fourth-order valence-electron chi connectivity index (χ4n) is 1.75. The van der Waals surface area contributed by atoms with E-state index in [4.69, 9.17) is 10.00 Å². The maximum absolute atomic E-state index is 8.99. The van der Waals surface area contributed by atoms with Gasteiger partial charge in [-0.05, 0) is 56.5 Å². The summed E-state index contributed by atoms with van der Waals surface area (Å²) in [5.74, 6) is 1.49. The minimum atomic E-state index is -0.336. The van der Waals surface area contributed by atoms with E-state index < -0.39 is 0 Å². The zero-order chi connectivity index (χ0) is 15.9. The lowest BCUT2D eigenvalue weighted by atomic mass is 9.92. The molecule has 21 heavy (non-hydrogen) atoms. The summed E-state index contributed by atoms with van der Waals surface area (Å²) in [6.45, 7) is 10.6. The standard InChI is InChI=1S/C17H25BrN2O/c1-13(2)10-20-11-14-9-15(5-6-16(14)18)21-8-7-17(3,4)12-19/h5-6,9,13,20H,7-8,10-11H2,1-4H3. The van der Waals surface area contributed by atoms with Crippen LogP contribution < -0.4 is 10.1 Å². The van der Waals surface area contributed by atoms with Crippen molar-refractivity contribution in [3.63, 3.8) is 0 Å². The molecule has 0 aliphatic heterocycles. The number of nitrogens with zero attached hydrogens (tertiary/aromatic N) is 1. The van der Waals surface area contributed by atoms with Crippen molar-refractivity contribution in [3.05, 3.63) is 28.2 Å². The van der Waals surface area contributed by atoms with Gasteiger partial charge >= 0.3 is 0 Å². The third-order valence-electron chi connectivity index (χ3n) is 3.18. The van der Waals surface area contributed by atoms with Crippen LogP contribution in [0, 0.1) is 22.7 Å². The maximum Gasteiger partial charge on any atom is 0.119 e. The molecule has 0 radical (unpaired) electrons. The van der Waals surface area contributed by atoms with E-state index in [0.29, 0.717) is 12.5 Å². The molecule has 1 aromatic carbocycles. The number of hydrogen-bond donors (Lipinski definition) is 1. The molecule has 116 valence electrons. The predicted molar refractivity (Wildman–Crippen MR) is 90.2 cm³/mol. The van der Waals surface area contributed by atoms with E-state index in [1.54, 1.807) is 0 Å². The van der Waals surface area contributed by atoms with E-state index in [9.17, 15) is 0 Å². The molecule has 0 unspecified atom stereocenters. The first-order valence-corrected chi connectivity index (χ1v) is 8.16. The smallest absolute Gasteiger partial charge is 0.119 e. The molecule has 0 amide bonds. The van der Waals surface area contributed by atoms with Crippen molar-refractivity contribution in [2.75, 3.05) is 13.2 Å². The van der Waals surface area contributed by atoms with E-state index in [1.165, 1.54) is 5.56 Å². The summed E-state index contributed by atoms with van der Waals surface area (Å²) in [6, 6.07) is 8.31. The van der Waals surface area contributed by atoms with E-state index >= 15 is 0 Å². The van der Waals surface area contributed by atoms with Crippen LogP contribution in [-0.2, 0) is 6.54 Å². The SMILES string of the molecule is CC(C)CNCc1cc(OCCC(C)(C)C#N)ccc1Br. The Hall–Kier alpha value is -1.05. The molecule has 0 fully saturated rings. The Balaban J connectivity index is 2.55. The van der Waals surface area contributed by atoms with Crippen LogP contribution in [-0.4, -0.2) is 13.2 Å². The molecule has 0 aromatic heterocycles. The van der Waals surface area contributed by atoms with Gasteiger partial charge in [-0.3, -0.25) is 0 Å². The fraction of sp³-hybridized carbons (Fsp3) is 0.588. The Kier molecular flexibility index (Phi) is 7.21. The van der Waals surface area contributed by atoms with E-state index in [2.05, 4.69) is 47.2 Å². The first-order valence-electron chi connectivity index (χ1n) is 7.37. The van der Waals surface area contributed by atoms with Crippen LogP contribution in [0.3, 0.4) is 0 Å². The number of rotatable bonds is 8. The average molecular weight is 353 g/mol. The largest absolute Gasteiger partial charge is 0.494 e. The molecular weight excluding hydrogens is 328 g/mol. The van der Waals surface area contributed by atoms with Crippen molar-refractivity contribution in [2.45, 2.75) is 40.7 Å². The molecule has 0 aliphatic carbocycles. The number of nitriles is 1. The predicted octanol–water partition coefficient (Wildman–Crippen LogP) is 4.51. The highest BCUT2D eigenvalue weighted by molar-refractivity contribution is 9.10. The van der Waals surface area contributed by atoms with Gasteiger partial charge in [0.25, 0.3) is 0 Å². The highest BCUT2D eigenvalue weighted by atomic mass is 79.9. The lowest BCUT2D eigenvalue weighted by Gasteiger charge is -2.16. The molecule has 0 atom stereocenters. The molecule has 0 aliphatic rings. The van der Waals surface area contributed by atoms with Gasteiger partial charge in [0.05, 0.1) is 18.1 Å². The quantitative estimate of drug-likeness (QED) is 0.748. The number of hydrogen-bond acceptors (Lipinski definition) is 3. The Bertz CT molecular complexity index is 492. The van der Waals surface area contributed by atoms with Crippen molar-refractivity contribution in [1.82, 2.24) is 5.32 Å². The summed E-state index contributed by atoms with van der Waals surface area (Å²) in [6.07, 6.45) is 0.723. The van der Waals surface area contributed by atoms with Gasteiger partial charge in [-0.2, -0.15) is 5.26 Å². The second kappa shape index (κ2) is 8.41. The van der Waals surface area contributed by atoms with Gasteiger partial charge in [0.2, 0.25) is 0 Å². The van der Waals surface area contributed by atoms with Crippen LogP contribution >= 0.6 is 15.9 Å². The van der Waals surface area contributed by atoms with Crippen molar-refractivity contribution in [1.29, 1.82) is 5.26 Å². The average Bonchev–Trinajstić information content (AvgIpc) is 2.41. The van der Waals surface area contributed by atoms with Crippen molar-refractivity contribution >= 4 is 15.9 Å². The lowest BCUT2D eigenvalue weighted by molar-refractivity contribution is 0.264. The van der Waals surface area contributed by atoms with Gasteiger partial charge < -0.3 is 10.1 Å². The molecule has 0 saturated heterocycles. The van der Waals surface area contributed by atoms with Gasteiger partial charge in [-0.25, -0.2) is 0 Å².